The highest BCUT2D eigenvalue weighted by molar-refractivity contribution is 5.86. The number of Topliss-reactive ketones (excluding diaryl/α,β-unsaturated/α-hetero) is 1. The topological polar surface area (TPSA) is 72.2 Å². The van der Waals surface area contributed by atoms with Crippen LogP contribution in [0, 0.1) is 5.92 Å². The molecule has 0 aromatic heterocycles. The van der Waals surface area contributed by atoms with Gasteiger partial charge in [-0.05, 0) is 13.3 Å². The Morgan fingerprint density at radius 1 is 1.36 bits per heavy atom. The zero-order valence-electron chi connectivity index (χ0n) is 9.17. The van der Waals surface area contributed by atoms with E-state index in [0.717, 1.165) is 0 Å². The molecule has 1 amide bonds. The van der Waals surface area contributed by atoms with Gasteiger partial charge in [0, 0.05) is 18.9 Å². The van der Waals surface area contributed by atoms with Gasteiger partial charge in [0.2, 0.25) is 5.91 Å². The van der Waals surface area contributed by atoms with Crippen molar-refractivity contribution in [3.8, 4) is 0 Å². The van der Waals surface area contributed by atoms with Crippen molar-refractivity contribution in [1.82, 2.24) is 5.32 Å². The van der Waals surface area contributed by atoms with Crippen LogP contribution in [0.2, 0.25) is 0 Å². The highest BCUT2D eigenvalue weighted by atomic mass is 16.1. The minimum absolute atomic E-state index is 0.0225. The summed E-state index contributed by atoms with van der Waals surface area (Å²) in [7, 11) is 0. The van der Waals surface area contributed by atoms with Crippen LogP contribution in [0.5, 0.6) is 0 Å². The van der Waals surface area contributed by atoms with E-state index in [2.05, 4.69) is 5.32 Å². The van der Waals surface area contributed by atoms with E-state index in [1.807, 2.05) is 20.8 Å². The number of carbonyl (C=O) groups is 2. The molecule has 1 atom stereocenters. The fourth-order valence-corrected chi connectivity index (χ4v) is 1.14. The molecular weight excluding hydrogens is 180 g/mol. The lowest BCUT2D eigenvalue weighted by Gasteiger charge is -2.12. The van der Waals surface area contributed by atoms with Gasteiger partial charge in [0.05, 0.1) is 6.04 Å². The van der Waals surface area contributed by atoms with Crippen LogP contribution in [0.15, 0.2) is 0 Å². The Morgan fingerprint density at radius 2 is 1.93 bits per heavy atom. The molecule has 0 fully saturated rings. The summed E-state index contributed by atoms with van der Waals surface area (Å²) in [5, 5.41) is 2.66. The van der Waals surface area contributed by atoms with Crippen LogP contribution in [-0.2, 0) is 9.59 Å². The first-order valence-corrected chi connectivity index (χ1v) is 5.05. The van der Waals surface area contributed by atoms with Gasteiger partial charge in [0.15, 0.2) is 5.78 Å². The highest BCUT2D eigenvalue weighted by Gasteiger charge is 2.17. The number of ketones is 1. The molecule has 0 saturated carbocycles. The first kappa shape index (κ1) is 13.1. The lowest BCUT2D eigenvalue weighted by molar-refractivity contribution is -0.124. The fraction of sp³-hybridized carbons (Fsp3) is 0.800. The molecule has 3 N–H and O–H groups in total. The van der Waals surface area contributed by atoms with Crippen LogP contribution in [0.1, 0.15) is 33.6 Å². The number of rotatable bonds is 6. The average Bonchev–Trinajstić information content (AvgIpc) is 2.13. The van der Waals surface area contributed by atoms with Gasteiger partial charge in [0.25, 0.3) is 0 Å². The number of amides is 1. The molecule has 0 rings (SSSR count). The van der Waals surface area contributed by atoms with Crippen molar-refractivity contribution in [1.29, 1.82) is 0 Å². The van der Waals surface area contributed by atoms with Crippen molar-refractivity contribution in [2.75, 3.05) is 6.54 Å². The van der Waals surface area contributed by atoms with Gasteiger partial charge < -0.3 is 11.1 Å². The van der Waals surface area contributed by atoms with Gasteiger partial charge in [-0.25, -0.2) is 0 Å². The lowest BCUT2D eigenvalue weighted by Crippen LogP contribution is -2.35. The summed E-state index contributed by atoms with van der Waals surface area (Å²) < 4.78 is 0. The number of hydrogen-bond acceptors (Lipinski definition) is 3. The summed E-state index contributed by atoms with van der Waals surface area (Å²) in [5.41, 5.74) is 5.63. The molecule has 4 heteroatoms. The fourth-order valence-electron chi connectivity index (χ4n) is 1.14. The van der Waals surface area contributed by atoms with E-state index in [4.69, 9.17) is 5.73 Å². The number of nitrogens with one attached hydrogen (secondary N) is 1. The Labute approximate surface area is 85.2 Å². The van der Waals surface area contributed by atoms with E-state index in [0.29, 0.717) is 19.4 Å². The van der Waals surface area contributed by atoms with E-state index in [-0.39, 0.29) is 17.6 Å². The molecule has 82 valence electrons. The molecule has 1 unspecified atom stereocenters. The Kier molecular flexibility index (Phi) is 6.12. The summed E-state index contributed by atoms with van der Waals surface area (Å²) in [6.45, 7) is 6.10. The van der Waals surface area contributed by atoms with Crippen LogP contribution >= 0.6 is 0 Å². The SMILES string of the molecule is CCNC(=O)CCC(N)C(=O)C(C)C. The van der Waals surface area contributed by atoms with Crippen LogP contribution in [-0.4, -0.2) is 24.3 Å². The smallest absolute Gasteiger partial charge is 0.220 e. The monoisotopic (exact) mass is 200 g/mol. The second kappa shape index (κ2) is 6.54. The summed E-state index contributed by atoms with van der Waals surface area (Å²) in [5.74, 6) is -0.0759. The Morgan fingerprint density at radius 3 is 2.36 bits per heavy atom. The average molecular weight is 200 g/mol. The van der Waals surface area contributed by atoms with E-state index >= 15 is 0 Å². The number of hydrogen-bond donors (Lipinski definition) is 2. The Bertz CT molecular complexity index is 202. The third-order valence-corrected chi connectivity index (χ3v) is 1.99. The molecule has 0 aliphatic heterocycles. The largest absolute Gasteiger partial charge is 0.356 e. The normalized spacial score (nSPS) is 12.6. The van der Waals surface area contributed by atoms with Crippen molar-refractivity contribution >= 4 is 11.7 Å². The Balaban J connectivity index is 3.79. The van der Waals surface area contributed by atoms with Crippen LogP contribution in [0.4, 0.5) is 0 Å². The number of nitrogens with two attached hydrogens (primary N) is 1. The first-order valence-electron chi connectivity index (χ1n) is 5.05. The van der Waals surface area contributed by atoms with E-state index in [1.165, 1.54) is 0 Å². The minimum Gasteiger partial charge on any atom is -0.356 e. The molecular formula is C10H20N2O2. The summed E-state index contributed by atoms with van der Waals surface area (Å²) >= 11 is 0. The summed E-state index contributed by atoms with van der Waals surface area (Å²) in [4.78, 5) is 22.4. The second-order valence-electron chi connectivity index (χ2n) is 3.66. The van der Waals surface area contributed by atoms with Crippen molar-refractivity contribution in [3.63, 3.8) is 0 Å². The quantitative estimate of drug-likeness (QED) is 0.654. The maximum absolute atomic E-state index is 11.4. The molecule has 0 saturated heterocycles. The standard InChI is InChI=1S/C10H20N2O2/c1-4-12-9(13)6-5-8(11)10(14)7(2)3/h7-8H,4-6,11H2,1-3H3,(H,12,13). The van der Waals surface area contributed by atoms with E-state index in [1.54, 1.807) is 0 Å². The van der Waals surface area contributed by atoms with Crippen molar-refractivity contribution in [2.45, 2.75) is 39.7 Å². The zero-order chi connectivity index (χ0) is 11.1. The highest BCUT2D eigenvalue weighted by Crippen LogP contribution is 2.03. The van der Waals surface area contributed by atoms with Crippen molar-refractivity contribution in [2.24, 2.45) is 11.7 Å². The molecule has 0 aromatic rings. The summed E-state index contributed by atoms with van der Waals surface area (Å²) in [6.07, 6.45) is 0.760. The summed E-state index contributed by atoms with van der Waals surface area (Å²) in [6, 6.07) is -0.502. The van der Waals surface area contributed by atoms with E-state index < -0.39 is 6.04 Å². The molecule has 0 aliphatic rings. The Hall–Kier alpha value is -0.900. The molecule has 0 radical (unpaired) electrons. The van der Waals surface area contributed by atoms with Gasteiger partial charge in [-0.2, -0.15) is 0 Å². The van der Waals surface area contributed by atoms with Gasteiger partial charge in [-0.1, -0.05) is 13.8 Å². The van der Waals surface area contributed by atoms with Crippen LogP contribution < -0.4 is 11.1 Å². The number of carbonyl (C=O) groups excluding carboxylic acids is 2. The van der Waals surface area contributed by atoms with Gasteiger partial charge >= 0.3 is 0 Å². The molecule has 0 bridgehead atoms. The molecule has 0 aromatic carbocycles. The lowest BCUT2D eigenvalue weighted by atomic mass is 9.99. The maximum atomic E-state index is 11.4. The third kappa shape index (κ3) is 4.97. The first-order chi connectivity index (χ1) is 6.49. The predicted octanol–water partition coefficient (Wildman–Crippen LogP) is 0.455. The minimum atomic E-state index is -0.502. The predicted molar refractivity (Wildman–Crippen MR) is 55.7 cm³/mol. The van der Waals surface area contributed by atoms with Crippen molar-refractivity contribution in [3.05, 3.63) is 0 Å². The molecule has 14 heavy (non-hydrogen) atoms. The van der Waals surface area contributed by atoms with Gasteiger partial charge in [-0.3, -0.25) is 9.59 Å². The third-order valence-electron chi connectivity index (χ3n) is 1.99. The zero-order valence-corrected chi connectivity index (χ0v) is 9.17. The molecule has 0 spiro atoms. The molecule has 0 heterocycles. The van der Waals surface area contributed by atoms with E-state index in [9.17, 15) is 9.59 Å². The van der Waals surface area contributed by atoms with Crippen LogP contribution in [0.25, 0.3) is 0 Å². The molecule has 4 nitrogen and oxygen atoms in total. The maximum Gasteiger partial charge on any atom is 0.220 e. The molecule has 0 aliphatic carbocycles. The van der Waals surface area contributed by atoms with Crippen LogP contribution in [0.3, 0.4) is 0 Å². The van der Waals surface area contributed by atoms with Gasteiger partial charge in [0.1, 0.15) is 0 Å². The van der Waals surface area contributed by atoms with Gasteiger partial charge in [-0.15, -0.1) is 0 Å². The van der Waals surface area contributed by atoms with Crippen molar-refractivity contribution < 1.29 is 9.59 Å². The second-order valence-corrected chi connectivity index (χ2v) is 3.66.